The van der Waals surface area contributed by atoms with Gasteiger partial charge in [-0.15, -0.1) is 0 Å². The number of carbonyl (C=O) groups is 1. The number of ether oxygens (including phenoxy) is 3. The largest absolute Gasteiger partial charge is 0.497 e. The Morgan fingerprint density at radius 1 is 1.44 bits per heavy atom. The van der Waals surface area contributed by atoms with Gasteiger partial charge in [-0.25, -0.2) is 4.79 Å². The number of hydrogen-bond donors (Lipinski definition) is 1. The van der Waals surface area contributed by atoms with Crippen LogP contribution in [-0.2, 0) is 4.74 Å². The SMILES string of the molecule is COc1ccc(OCOCC2CC2)c(C(=O)O)c1. The molecule has 0 amide bonds. The Kier molecular flexibility index (Phi) is 4.04. The molecule has 98 valence electrons. The van der Waals surface area contributed by atoms with Crippen LogP contribution in [0.1, 0.15) is 23.2 Å². The van der Waals surface area contributed by atoms with Crippen LogP contribution in [0, 0.1) is 5.92 Å². The van der Waals surface area contributed by atoms with Crippen LogP contribution in [-0.4, -0.2) is 31.6 Å². The van der Waals surface area contributed by atoms with Gasteiger partial charge >= 0.3 is 5.97 Å². The van der Waals surface area contributed by atoms with E-state index in [2.05, 4.69) is 0 Å². The summed E-state index contributed by atoms with van der Waals surface area (Å²) in [5, 5.41) is 9.06. The Morgan fingerprint density at radius 2 is 2.22 bits per heavy atom. The van der Waals surface area contributed by atoms with Crippen LogP contribution in [0.5, 0.6) is 11.5 Å². The Bertz CT molecular complexity index is 425. The molecule has 1 aromatic carbocycles. The zero-order valence-electron chi connectivity index (χ0n) is 10.2. The normalized spacial score (nSPS) is 14.3. The van der Waals surface area contributed by atoms with Crippen LogP contribution in [0.3, 0.4) is 0 Å². The van der Waals surface area contributed by atoms with Crippen LogP contribution in [0.25, 0.3) is 0 Å². The predicted octanol–water partition coefficient (Wildman–Crippen LogP) is 2.16. The van der Waals surface area contributed by atoms with Gasteiger partial charge in [0.25, 0.3) is 0 Å². The number of carboxylic acids is 1. The molecule has 1 saturated carbocycles. The molecule has 0 saturated heterocycles. The summed E-state index contributed by atoms with van der Waals surface area (Å²) in [5.74, 6) is 0.382. The zero-order chi connectivity index (χ0) is 13.0. The lowest BCUT2D eigenvalue weighted by Crippen LogP contribution is -2.08. The van der Waals surface area contributed by atoms with Gasteiger partial charge in [-0.1, -0.05) is 0 Å². The number of hydrogen-bond acceptors (Lipinski definition) is 4. The highest BCUT2D eigenvalue weighted by atomic mass is 16.7. The molecule has 0 spiro atoms. The highest BCUT2D eigenvalue weighted by Gasteiger charge is 2.21. The smallest absolute Gasteiger partial charge is 0.339 e. The third-order valence-electron chi connectivity index (χ3n) is 2.77. The molecule has 5 nitrogen and oxygen atoms in total. The molecular weight excluding hydrogens is 236 g/mol. The van der Waals surface area contributed by atoms with Crippen molar-refractivity contribution in [2.24, 2.45) is 5.92 Å². The van der Waals surface area contributed by atoms with E-state index in [0.29, 0.717) is 24.0 Å². The maximum Gasteiger partial charge on any atom is 0.339 e. The molecule has 1 aliphatic carbocycles. The van der Waals surface area contributed by atoms with Crippen molar-refractivity contribution < 1.29 is 24.1 Å². The Morgan fingerprint density at radius 3 is 2.83 bits per heavy atom. The summed E-state index contributed by atoms with van der Waals surface area (Å²) in [6.07, 6.45) is 2.42. The van der Waals surface area contributed by atoms with Crippen molar-refractivity contribution in [2.45, 2.75) is 12.8 Å². The summed E-state index contributed by atoms with van der Waals surface area (Å²) in [6, 6.07) is 4.66. The van der Waals surface area contributed by atoms with Gasteiger partial charge in [-0.3, -0.25) is 0 Å². The third kappa shape index (κ3) is 3.37. The fourth-order valence-corrected chi connectivity index (χ4v) is 1.53. The van der Waals surface area contributed by atoms with Crippen LogP contribution < -0.4 is 9.47 Å². The lowest BCUT2D eigenvalue weighted by Gasteiger charge is -2.10. The highest BCUT2D eigenvalue weighted by Crippen LogP contribution is 2.29. The molecule has 0 aromatic heterocycles. The highest BCUT2D eigenvalue weighted by molar-refractivity contribution is 5.91. The average molecular weight is 252 g/mol. The second-order valence-electron chi connectivity index (χ2n) is 4.24. The van der Waals surface area contributed by atoms with Gasteiger partial charge in [0, 0.05) is 0 Å². The lowest BCUT2D eigenvalue weighted by atomic mass is 10.2. The first-order valence-electron chi connectivity index (χ1n) is 5.82. The number of methoxy groups -OCH3 is 1. The van der Waals surface area contributed by atoms with Gasteiger partial charge in [0.05, 0.1) is 13.7 Å². The second kappa shape index (κ2) is 5.73. The first kappa shape index (κ1) is 12.7. The maximum atomic E-state index is 11.1. The van der Waals surface area contributed by atoms with Crippen LogP contribution in [0.4, 0.5) is 0 Å². The monoisotopic (exact) mass is 252 g/mol. The molecule has 0 radical (unpaired) electrons. The van der Waals surface area contributed by atoms with E-state index in [1.165, 1.54) is 26.0 Å². The third-order valence-corrected chi connectivity index (χ3v) is 2.77. The second-order valence-corrected chi connectivity index (χ2v) is 4.24. The number of rotatable bonds is 7. The molecule has 0 bridgehead atoms. The maximum absolute atomic E-state index is 11.1. The molecule has 0 heterocycles. The molecule has 1 aliphatic rings. The minimum absolute atomic E-state index is 0.0725. The van der Waals surface area contributed by atoms with E-state index in [4.69, 9.17) is 19.3 Å². The molecule has 0 unspecified atom stereocenters. The fraction of sp³-hybridized carbons (Fsp3) is 0.462. The van der Waals surface area contributed by atoms with E-state index >= 15 is 0 Å². The van der Waals surface area contributed by atoms with Crippen LogP contribution >= 0.6 is 0 Å². The summed E-state index contributed by atoms with van der Waals surface area (Å²) in [6.45, 7) is 0.752. The summed E-state index contributed by atoms with van der Waals surface area (Å²) >= 11 is 0. The van der Waals surface area contributed by atoms with Crippen molar-refractivity contribution >= 4 is 5.97 Å². The fourth-order valence-electron chi connectivity index (χ4n) is 1.53. The van der Waals surface area contributed by atoms with Crippen molar-refractivity contribution in [1.29, 1.82) is 0 Å². The summed E-state index contributed by atoms with van der Waals surface area (Å²) in [7, 11) is 1.49. The topological polar surface area (TPSA) is 65.0 Å². The summed E-state index contributed by atoms with van der Waals surface area (Å²) in [5.41, 5.74) is 0.0735. The van der Waals surface area contributed by atoms with E-state index in [9.17, 15) is 4.79 Å². The van der Waals surface area contributed by atoms with Crippen LogP contribution in [0.2, 0.25) is 0 Å². The van der Waals surface area contributed by atoms with Gasteiger partial charge < -0.3 is 19.3 Å². The molecule has 1 fully saturated rings. The molecule has 1 N–H and O–H groups in total. The van der Waals surface area contributed by atoms with Gasteiger partial charge in [0.2, 0.25) is 0 Å². The molecule has 5 heteroatoms. The number of carboxylic acid groups (broad SMARTS) is 1. The molecule has 1 aromatic rings. The van der Waals surface area contributed by atoms with E-state index < -0.39 is 5.97 Å². The molecular formula is C13H16O5. The predicted molar refractivity (Wildman–Crippen MR) is 64.1 cm³/mol. The van der Waals surface area contributed by atoms with Crippen molar-refractivity contribution in [1.82, 2.24) is 0 Å². The first-order valence-corrected chi connectivity index (χ1v) is 5.82. The Hall–Kier alpha value is -1.75. The lowest BCUT2D eigenvalue weighted by molar-refractivity contribution is 0.00916. The van der Waals surface area contributed by atoms with Gasteiger partial charge in [0.15, 0.2) is 6.79 Å². The minimum atomic E-state index is -1.05. The average Bonchev–Trinajstić information content (AvgIpc) is 3.18. The molecule has 0 atom stereocenters. The molecule has 18 heavy (non-hydrogen) atoms. The van der Waals surface area contributed by atoms with Crippen molar-refractivity contribution in [3.8, 4) is 11.5 Å². The summed E-state index contributed by atoms with van der Waals surface area (Å²) in [4.78, 5) is 11.1. The quantitative estimate of drug-likeness (QED) is 0.595. The Balaban J connectivity index is 1.94. The van der Waals surface area contributed by atoms with E-state index in [1.807, 2.05) is 0 Å². The van der Waals surface area contributed by atoms with Gasteiger partial charge in [-0.05, 0) is 37.0 Å². The van der Waals surface area contributed by atoms with Crippen molar-refractivity contribution in [2.75, 3.05) is 20.5 Å². The van der Waals surface area contributed by atoms with E-state index in [0.717, 1.165) is 0 Å². The molecule has 2 rings (SSSR count). The van der Waals surface area contributed by atoms with Gasteiger partial charge in [-0.2, -0.15) is 0 Å². The Labute approximate surface area is 105 Å². The minimum Gasteiger partial charge on any atom is -0.497 e. The van der Waals surface area contributed by atoms with E-state index in [1.54, 1.807) is 12.1 Å². The van der Waals surface area contributed by atoms with Crippen LogP contribution in [0.15, 0.2) is 18.2 Å². The van der Waals surface area contributed by atoms with Gasteiger partial charge in [0.1, 0.15) is 17.1 Å². The zero-order valence-corrected chi connectivity index (χ0v) is 10.2. The van der Waals surface area contributed by atoms with Crippen molar-refractivity contribution in [3.05, 3.63) is 23.8 Å². The van der Waals surface area contributed by atoms with Crippen molar-refractivity contribution in [3.63, 3.8) is 0 Å². The standard InChI is InChI=1S/C13H16O5/c1-16-10-4-5-12(11(6-10)13(14)15)18-8-17-7-9-2-3-9/h4-6,9H,2-3,7-8H2,1H3,(H,14,15). The van der Waals surface area contributed by atoms with E-state index in [-0.39, 0.29) is 12.4 Å². The first-order chi connectivity index (χ1) is 8.70. The number of aromatic carboxylic acids is 1. The number of benzene rings is 1. The summed E-state index contributed by atoms with van der Waals surface area (Å²) < 4.78 is 15.6. The molecule has 0 aliphatic heterocycles.